The minimum atomic E-state index is -3.86. The molecule has 1 N–H and O–H groups in total. The third-order valence-electron chi connectivity index (χ3n) is 3.94. The first-order valence-corrected chi connectivity index (χ1v) is 10.6. The van der Waals surface area contributed by atoms with Crippen LogP contribution < -0.4 is 10.9 Å². The van der Waals surface area contributed by atoms with Crippen LogP contribution >= 0.6 is 11.3 Å². The second-order valence-corrected chi connectivity index (χ2v) is 8.71. The number of likely N-dealkylation sites (N-methyl/N-ethyl adjacent to an activating group) is 1. The van der Waals surface area contributed by atoms with Crippen molar-refractivity contribution in [3.63, 3.8) is 0 Å². The molecule has 3 rings (SSSR count). The minimum absolute atomic E-state index is 0.0387. The lowest BCUT2D eigenvalue weighted by molar-refractivity contribution is -0.121. The van der Waals surface area contributed by atoms with Crippen molar-refractivity contribution < 1.29 is 17.6 Å². The van der Waals surface area contributed by atoms with E-state index in [1.807, 2.05) is 17.5 Å². The molecule has 0 saturated heterocycles. The molecule has 7 nitrogen and oxygen atoms in total. The van der Waals surface area contributed by atoms with E-state index >= 15 is 0 Å². The molecule has 0 aliphatic carbocycles. The summed E-state index contributed by atoms with van der Waals surface area (Å²) in [6.45, 7) is 1.91. The van der Waals surface area contributed by atoms with E-state index in [4.69, 9.17) is 4.42 Å². The topological polar surface area (TPSA) is 96.7 Å². The molecule has 0 aliphatic heterocycles. The van der Waals surface area contributed by atoms with Gasteiger partial charge in [-0.15, -0.1) is 11.3 Å². The summed E-state index contributed by atoms with van der Waals surface area (Å²) < 4.78 is 31.9. The number of carbonyl (C=O) groups excluding carboxylic acids is 1. The first-order valence-electron chi connectivity index (χ1n) is 8.23. The van der Waals surface area contributed by atoms with Gasteiger partial charge in [-0.05, 0) is 35.7 Å². The molecule has 142 valence electrons. The average Bonchev–Trinajstić information content (AvgIpc) is 3.17. The Balaban J connectivity index is 1.77. The highest BCUT2D eigenvalue weighted by Crippen LogP contribution is 2.21. The van der Waals surface area contributed by atoms with Crippen LogP contribution in [-0.2, 0) is 21.4 Å². The van der Waals surface area contributed by atoms with Gasteiger partial charge in [0.2, 0.25) is 15.9 Å². The van der Waals surface area contributed by atoms with Crippen LogP contribution in [0.25, 0.3) is 11.0 Å². The summed E-state index contributed by atoms with van der Waals surface area (Å²) in [5, 5.41) is 5.13. The first-order chi connectivity index (χ1) is 12.9. The lowest BCUT2D eigenvalue weighted by Crippen LogP contribution is -2.40. The molecular weight excluding hydrogens is 388 g/mol. The molecule has 9 heteroatoms. The van der Waals surface area contributed by atoms with E-state index < -0.39 is 15.6 Å². The minimum Gasteiger partial charge on any atom is -0.423 e. The van der Waals surface area contributed by atoms with Crippen LogP contribution in [0, 0.1) is 0 Å². The zero-order valence-electron chi connectivity index (χ0n) is 14.5. The van der Waals surface area contributed by atoms with E-state index in [0.29, 0.717) is 17.5 Å². The fourth-order valence-electron chi connectivity index (χ4n) is 2.54. The highest BCUT2D eigenvalue weighted by molar-refractivity contribution is 7.89. The third kappa shape index (κ3) is 4.44. The van der Waals surface area contributed by atoms with Crippen LogP contribution in [-0.4, -0.2) is 31.7 Å². The highest BCUT2D eigenvalue weighted by Gasteiger charge is 2.25. The Morgan fingerprint density at radius 3 is 2.74 bits per heavy atom. The number of nitrogens with zero attached hydrogens (tertiary/aromatic N) is 1. The molecule has 3 aromatic rings. The maximum atomic E-state index is 12.9. The lowest BCUT2D eigenvalue weighted by Gasteiger charge is -2.20. The van der Waals surface area contributed by atoms with Crippen LogP contribution in [0.15, 0.2) is 62.0 Å². The number of sulfonamides is 1. The Morgan fingerprint density at radius 1 is 1.22 bits per heavy atom. The predicted octanol–water partition coefficient (Wildman–Crippen LogP) is 2.18. The Kier molecular flexibility index (Phi) is 5.73. The number of carbonyl (C=O) groups is 1. The molecular formula is C18H18N2O5S2. The Bertz CT molecular complexity index is 1100. The van der Waals surface area contributed by atoms with Crippen molar-refractivity contribution >= 4 is 38.2 Å². The number of nitrogens with one attached hydrogen (secondary N) is 1. The summed E-state index contributed by atoms with van der Waals surface area (Å²) in [5.74, 6) is -0.374. The van der Waals surface area contributed by atoms with Crippen LogP contribution in [0.3, 0.4) is 0 Å². The monoisotopic (exact) mass is 406 g/mol. The van der Waals surface area contributed by atoms with Crippen LogP contribution in [0.4, 0.5) is 0 Å². The van der Waals surface area contributed by atoms with Gasteiger partial charge in [-0.3, -0.25) is 4.79 Å². The maximum absolute atomic E-state index is 12.9. The predicted molar refractivity (Wildman–Crippen MR) is 103 cm³/mol. The summed E-state index contributed by atoms with van der Waals surface area (Å²) in [4.78, 5) is 24.5. The Hall–Kier alpha value is -2.49. The average molecular weight is 406 g/mol. The number of benzene rings is 1. The van der Waals surface area contributed by atoms with E-state index in [1.165, 1.54) is 41.7 Å². The summed E-state index contributed by atoms with van der Waals surface area (Å²) in [6.07, 6.45) is 0. The third-order valence-corrected chi connectivity index (χ3v) is 6.73. The zero-order chi connectivity index (χ0) is 19.4. The molecule has 0 bridgehead atoms. The van der Waals surface area contributed by atoms with Crippen LogP contribution in [0.1, 0.15) is 11.8 Å². The van der Waals surface area contributed by atoms with Gasteiger partial charge in [0.15, 0.2) is 0 Å². The number of hydrogen-bond acceptors (Lipinski definition) is 6. The molecule has 0 radical (unpaired) electrons. The fraction of sp³-hybridized carbons (Fsp3) is 0.222. The summed E-state index contributed by atoms with van der Waals surface area (Å²) in [7, 11) is -3.86. The SMILES string of the molecule is CCN(CC(=O)NCc1cccs1)S(=O)(=O)c1ccc2oc(=O)ccc2c1. The van der Waals surface area contributed by atoms with Gasteiger partial charge in [-0.25, -0.2) is 13.2 Å². The van der Waals surface area contributed by atoms with Crippen molar-refractivity contribution in [3.05, 3.63) is 63.1 Å². The van der Waals surface area contributed by atoms with Gasteiger partial charge in [-0.1, -0.05) is 13.0 Å². The van der Waals surface area contributed by atoms with Crippen molar-refractivity contribution in [2.75, 3.05) is 13.1 Å². The van der Waals surface area contributed by atoms with Gasteiger partial charge < -0.3 is 9.73 Å². The number of thiophene rings is 1. The summed E-state index contributed by atoms with van der Waals surface area (Å²) >= 11 is 1.52. The van der Waals surface area contributed by atoms with Gasteiger partial charge in [0.25, 0.3) is 0 Å². The molecule has 0 saturated carbocycles. The van der Waals surface area contributed by atoms with E-state index in [-0.39, 0.29) is 23.9 Å². The van der Waals surface area contributed by atoms with E-state index in [1.54, 1.807) is 6.92 Å². The number of hydrogen-bond donors (Lipinski definition) is 1. The molecule has 2 aromatic heterocycles. The molecule has 0 unspecified atom stereocenters. The molecule has 0 fully saturated rings. The van der Waals surface area contributed by atoms with Crippen LogP contribution in [0.5, 0.6) is 0 Å². The standard InChI is InChI=1S/C18H18N2O5S2/c1-2-20(12-17(21)19-11-14-4-3-9-26-14)27(23,24)15-6-7-16-13(10-15)5-8-18(22)25-16/h3-10H,2,11-12H2,1H3,(H,19,21). The Morgan fingerprint density at radius 2 is 2.04 bits per heavy atom. The lowest BCUT2D eigenvalue weighted by atomic mass is 10.2. The van der Waals surface area contributed by atoms with E-state index in [0.717, 1.165) is 9.18 Å². The Labute approximate surface area is 160 Å². The molecule has 2 heterocycles. The second kappa shape index (κ2) is 8.03. The quantitative estimate of drug-likeness (QED) is 0.607. The first kappa shape index (κ1) is 19.3. The van der Waals surface area contributed by atoms with E-state index in [9.17, 15) is 18.0 Å². The molecule has 0 atom stereocenters. The molecule has 1 amide bonds. The van der Waals surface area contributed by atoms with Crippen molar-refractivity contribution in [2.24, 2.45) is 0 Å². The largest absolute Gasteiger partial charge is 0.423 e. The maximum Gasteiger partial charge on any atom is 0.336 e. The van der Waals surface area contributed by atoms with Crippen molar-refractivity contribution in [1.29, 1.82) is 0 Å². The van der Waals surface area contributed by atoms with E-state index in [2.05, 4.69) is 5.32 Å². The second-order valence-electron chi connectivity index (χ2n) is 5.74. The van der Waals surface area contributed by atoms with Crippen LogP contribution in [0.2, 0.25) is 0 Å². The van der Waals surface area contributed by atoms with Gasteiger partial charge >= 0.3 is 5.63 Å². The summed E-state index contributed by atoms with van der Waals surface area (Å²) in [5.41, 5.74) is -0.200. The van der Waals surface area contributed by atoms with Gasteiger partial charge in [0.1, 0.15) is 5.58 Å². The molecule has 0 aliphatic rings. The molecule has 27 heavy (non-hydrogen) atoms. The van der Waals surface area contributed by atoms with Gasteiger partial charge in [0, 0.05) is 22.9 Å². The van der Waals surface area contributed by atoms with Crippen molar-refractivity contribution in [1.82, 2.24) is 9.62 Å². The molecule has 1 aromatic carbocycles. The molecule has 0 spiro atoms. The number of fused-ring (bicyclic) bond motifs is 1. The van der Waals surface area contributed by atoms with Crippen molar-refractivity contribution in [2.45, 2.75) is 18.4 Å². The normalized spacial score (nSPS) is 11.8. The summed E-state index contributed by atoms with van der Waals surface area (Å²) in [6, 6.07) is 10.8. The zero-order valence-corrected chi connectivity index (χ0v) is 16.2. The van der Waals surface area contributed by atoms with Crippen molar-refractivity contribution in [3.8, 4) is 0 Å². The number of rotatable bonds is 7. The number of amides is 1. The smallest absolute Gasteiger partial charge is 0.336 e. The highest BCUT2D eigenvalue weighted by atomic mass is 32.2. The van der Waals surface area contributed by atoms with Gasteiger partial charge in [0.05, 0.1) is 18.0 Å². The fourth-order valence-corrected chi connectivity index (χ4v) is 4.63. The van der Waals surface area contributed by atoms with Gasteiger partial charge in [-0.2, -0.15) is 4.31 Å².